The fourth-order valence-corrected chi connectivity index (χ4v) is 2.97. The van der Waals surface area contributed by atoms with Crippen LogP contribution in [0.15, 0.2) is 24.3 Å². The number of ether oxygens (including phenoxy) is 1. The number of nitrogens with two attached hydrogens (primary N) is 1. The molecule has 0 spiro atoms. The fourth-order valence-electron chi connectivity index (χ4n) is 2.97. The maximum atomic E-state index is 6.37. The zero-order valence-electron chi connectivity index (χ0n) is 12.1. The highest BCUT2D eigenvalue weighted by Gasteiger charge is 2.17. The fraction of sp³-hybridized carbons (Fsp3) is 0.647. The minimum absolute atomic E-state index is 0.160. The number of hydrogen-bond donors (Lipinski definition) is 1. The Labute approximate surface area is 117 Å². The second kappa shape index (κ2) is 7.54. The van der Waals surface area contributed by atoms with E-state index in [2.05, 4.69) is 25.1 Å². The van der Waals surface area contributed by atoms with Crippen LogP contribution in [-0.4, -0.2) is 6.61 Å². The Morgan fingerprint density at radius 2 is 2.05 bits per heavy atom. The molecule has 1 aliphatic rings. The summed E-state index contributed by atoms with van der Waals surface area (Å²) >= 11 is 0. The van der Waals surface area contributed by atoms with Gasteiger partial charge in [0.15, 0.2) is 0 Å². The van der Waals surface area contributed by atoms with Crippen LogP contribution in [0, 0.1) is 5.92 Å². The predicted molar refractivity (Wildman–Crippen MR) is 80.3 cm³/mol. The largest absolute Gasteiger partial charge is 0.494 e. The molecular formula is C17H27NO. The molecule has 0 saturated heterocycles. The molecule has 0 aliphatic heterocycles. The summed E-state index contributed by atoms with van der Waals surface area (Å²) in [4.78, 5) is 0. The van der Waals surface area contributed by atoms with Crippen LogP contribution >= 0.6 is 0 Å². The van der Waals surface area contributed by atoms with Crippen molar-refractivity contribution in [3.8, 4) is 5.75 Å². The summed E-state index contributed by atoms with van der Waals surface area (Å²) < 4.78 is 5.68. The van der Waals surface area contributed by atoms with Gasteiger partial charge in [0.1, 0.15) is 5.75 Å². The summed E-state index contributed by atoms with van der Waals surface area (Å²) in [5.41, 5.74) is 7.59. The van der Waals surface area contributed by atoms with Crippen molar-refractivity contribution in [3.05, 3.63) is 29.8 Å². The van der Waals surface area contributed by atoms with Gasteiger partial charge in [-0.1, -0.05) is 51.2 Å². The van der Waals surface area contributed by atoms with Gasteiger partial charge in [-0.25, -0.2) is 0 Å². The zero-order chi connectivity index (χ0) is 13.5. The van der Waals surface area contributed by atoms with Gasteiger partial charge >= 0.3 is 0 Å². The molecule has 1 atom stereocenters. The molecule has 0 heterocycles. The maximum Gasteiger partial charge on any atom is 0.119 e. The molecule has 2 N–H and O–H groups in total. The van der Waals surface area contributed by atoms with E-state index in [0.717, 1.165) is 31.1 Å². The van der Waals surface area contributed by atoms with Crippen molar-refractivity contribution in [1.82, 2.24) is 0 Å². The lowest BCUT2D eigenvalue weighted by Gasteiger charge is -2.24. The maximum absolute atomic E-state index is 6.37. The van der Waals surface area contributed by atoms with Gasteiger partial charge in [-0.05, 0) is 36.5 Å². The van der Waals surface area contributed by atoms with E-state index in [9.17, 15) is 0 Å². The molecule has 1 saturated carbocycles. The van der Waals surface area contributed by atoms with Crippen LogP contribution in [0.2, 0.25) is 0 Å². The van der Waals surface area contributed by atoms with Crippen LogP contribution < -0.4 is 10.5 Å². The predicted octanol–water partition coefficient (Wildman–Crippen LogP) is 4.45. The molecule has 2 heteroatoms. The van der Waals surface area contributed by atoms with Gasteiger partial charge in [-0.15, -0.1) is 0 Å². The van der Waals surface area contributed by atoms with Crippen molar-refractivity contribution in [2.75, 3.05) is 6.61 Å². The van der Waals surface area contributed by atoms with Crippen molar-refractivity contribution >= 4 is 0 Å². The minimum Gasteiger partial charge on any atom is -0.494 e. The van der Waals surface area contributed by atoms with Crippen molar-refractivity contribution in [2.45, 2.75) is 57.9 Å². The average molecular weight is 261 g/mol. The summed E-state index contributed by atoms with van der Waals surface area (Å²) in [5.74, 6) is 1.78. The monoisotopic (exact) mass is 261 g/mol. The third-order valence-corrected chi connectivity index (χ3v) is 4.07. The minimum atomic E-state index is 0.160. The van der Waals surface area contributed by atoms with Crippen LogP contribution in [0.1, 0.15) is 63.5 Å². The first kappa shape index (κ1) is 14.4. The summed E-state index contributed by atoms with van der Waals surface area (Å²) in [6, 6.07) is 8.48. The Morgan fingerprint density at radius 3 is 2.79 bits per heavy atom. The molecule has 106 valence electrons. The molecule has 0 radical (unpaired) electrons. The first-order valence-corrected chi connectivity index (χ1v) is 7.78. The number of benzene rings is 1. The van der Waals surface area contributed by atoms with Gasteiger partial charge in [-0.3, -0.25) is 0 Å². The third kappa shape index (κ3) is 4.54. The summed E-state index contributed by atoms with van der Waals surface area (Å²) in [6.45, 7) is 2.90. The van der Waals surface area contributed by atoms with Crippen LogP contribution in [0.3, 0.4) is 0 Å². The van der Waals surface area contributed by atoms with Gasteiger partial charge in [0.25, 0.3) is 0 Å². The Hall–Kier alpha value is -1.02. The molecule has 2 nitrogen and oxygen atoms in total. The SMILES string of the molecule is CCCOc1cccc(C(N)CC2CCCCC2)c1. The second-order valence-corrected chi connectivity index (χ2v) is 5.77. The lowest BCUT2D eigenvalue weighted by molar-refractivity contribution is 0.312. The molecule has 2 rings (SSSR count). The van der Waals surface area contributed by atoms with Gasteiger partial charge < -0.3 is 10.5 Å². The van der Waals surface area contributed by atoms with E-state index in [-0.39, 0.29) is 6.04 Å². The quantitative estimate of drug-likeness (QED) is 0.821. The van der Waals surface area contributed by atoms with Crippen molar-refractivity contribution < 1.29 is 4.74 Å². The standard InChI is InChI=1S/C17H27NO/c1-2-11-19-16-10-6-9-15(13-16)17(18)12-14-7-4-3-5-8-14/h6,9-10,13-14,17H,2-5,7-8,11-12,18H2,1H3. The molecule has 0 amide bonds. The molecule has 1 unspecified atom stereocenters. The van der Waals surface area contributed by atoms with E-state index in [1.165, 1.54) is 37.7 Å². The van der Waals surface area contributed by atoms with Crippen LogP contribution in [-0.2, 0) is 0 Å². The van der Waals surface area contributed by atoms with E-state index in [4.69, 9.17) is 10.5 Å². The number of hydrogen-bond acceptors (Lipinski definition) is 2. The Balaban J connectivity index is 1.91. The summed E-state index contributed by atoms with van der Waals surface area (Å²) in [7, 11) is 0. The number of rotatable bonds is 6. The third-order valence-electron chi connectivity index (χ3n) is 4.07. The van der Waals surface area contributed by atoms with Gasteiger partial charge in [0, 0.05) is 6.04 Å². The van der Waals surface area contributed by atoms with Crippen LogP contribution in [0.5, 0.6) is 5.75 Å². The topological polar surface area (TPSA) is 35.2 Å². The van der Waals surface area contributed by atoms with E-state index in [1.54, 1.807) is 0 Å². The highest BCUT2D eigenvalue weighted by atomic mass is 16.5. The second-order valence-electron chi connectivity index (χ2n) is 5.77. The smallest absolute Gasteiger partial charge is 0.119 e. The molecule has 1 fully saturated rings. The van der Waals surface area contributed by atoms with Gasteiger partial charge in [0.05, 0.1) is 6.61 Å². The van der Waals surface area contributed by atoms with Gasteiger partial charge in [-0.2, -0.15) is 0 Å². The summed E-state index contributed by atoms with van der Waals surface area (Å²) in [6.07, 6.45) is 9.06. The summed E-state index contributed by atoms with van der Waals surface area (Å²) in [5, 5.41) is 0. The Morgan fingerprint density at radius 1 is 1.26 bits per heavy atom. The van der Waals surface area contributed by atoms with Crippen molar-refractivity contribution in [2.24, 2.45) is 11.7 Å². The molecule has 1 aromatic carbocycles. The lowest BCUT2D eigenvalue weighted by Crippen LogP contribution is -2.17. The van der Waals surface area contributed by atoms with E-state index >= 15 is 0 Å². The average Bonchev–Trinajstić information content (AvgIpc) is 2.46. The van der Waals surface area contributed by atoms with Crippen LogP contribution in [0.4, 0.5) is 0 Å². The molecular weight excluding hydrogens is 234 g/mol. The highest BCUT2D eigenvalue weighted by Crippen LogP contribution is 2.31. The van der Waals surface area contributed by atoms with E-state index < -0.39 is 0 Å². The molecule has 1 aromatic rings. The molecule has 0 bridgehead atoms. The van der Waals surface area contributed by atoms with E-state index in [0.29, 0.717) is 0 Å². The van der Waals surface area contributed by atoms with E-state index in [1.807, 2.05) is 6.07 Å². The Kier molecular flexibility index (Phi) is 5.71. The van der Waals surface area contributed by atoms with Gasteiger partial charge in [0.2, 0.25) is 0 Å². The first-order valence-electron chi connectivity index (χ1n) is 7.78. The highest BCUT2D eigenvalue weighted by molar-refractivity contribution is 5.30. The molecule has 0 aromatic heterocycles. The molecule has 1 aliphatic carbocycles. The lowest BCUT2D eigenvalue weighted by atomic mass is 9.83. The first-order chi connectivity index (χ1) is 9.29. The van der Waals surface area contributed by atoms with Crippen molar-refractivity contribution in [1.29, 1.82) is 0 Å². The Bertz CT molecular complexity index is 371. The van der Waals surface area contributed by atoms with Crippen molar-refractivity contribution in [3.63, 3.8) is 0 Å². The van der Waals surface area contributed by atoms with Crippen LogP contribution in [0.25, 0.3) is 0 Å². The zero-order valence-corrected chi connectivity index (χ0v) is 12.1. The normalized spacial score (nSPS) is 18.2. The molecule has 19 heavy (non-hydrogen) atoms.